The molecule has 2 N–H and O–H groups in total. The number of ketones is 1. The lowest BCUT2D eigenvalue weighted by Gasteiger charge is -2.07. The molecule has 0 fully saturated rings. The average Bonchev–Trinajstić information content (AvgIpc) is 2.50. The van der Waals surface area contributed by atoms with Crippen molar-refractivity contribution in [3.63, 3.8) is 0 Å². The molecule has 0 saturated carbocycles. The Balaban J connectivity index is -0.00000220. The van der Waals surface area contributed by atoms with Crippen LogP contribution in [0.1, 0.15) is 22.6 Å². The smallest absolute Gasteiger partial charge is 0.246 e. The van der Waals surface area contributed by atoms with E-state index in [9.17, 15) is 14.4 Å². The maximum atomic E-state index is 11.4. The number of carbonyl (C=O) groups is 3. The highest BCUT2D eigenvalue weighted by Gasteiger charge is 2.02. The van der Waals surface area contributed by atoms with Crippen molar-refractivity contribution >= 4 is 17.6 Å². The Morgan fingerprint density at radius 2 is 1.50 bits per heavy atom. The van der Waals surface area contributed by atoms with Gasteiger partial charge in [0.2, 0.25) is 11.8 Å². The van der Waals surface area contributed by atoms with Crippen LogP contribution in [-0.4, -0.2) is 70.8 Å². The van der Waals surface area contributed by atoms with E-state index in [1.807, 2.05) is 6.92 Å². The monoisotopic (exact) mass is 322 g/mol. The van der Waals surface area contributed by atoms with Gasteiger partial charge in [-0.2, -0.15) is 0 Å². The van der Waals surface area contributed by atoms with Crippen LogP contribution in [0, 0.1) is 0 Å². The van der Waals surface area contributed by atoms with E-state index in [0.29, 0.717) is 39.1 Å². The number of ether oxygens (including phenoxy) is 3. The summed E-state index contributed by atoms with van der Waals surface area (Å²) in [6, 6.07) is 0. The number of hydrogen-bond acceptors (Lipinski definition) is 6. The number of hydrogen-bond donors (Lipinski definition) is 2. The molecule has 0 saturated heterocycles. The second-order valence-electron chi connectivity index (χ2n) is 4.44. The van der Waals surface area contributed by atoms with E-state index in [1.165, 1.54) is 7.11 Å². The highest BCUT2D eigenvalue weighted by Crippen LogP contribution is 1.89. The van der Waals surface area contributed by atoms with Gasteiger partial charge in [0, 0.05) is 35.9 Å². The average molecular weight is 322 g/mol. The van der Waals surface area contributed by atoms with Crippen LogP contribution in [0.4, 0.5) is 0 Å². The fourth-order valence-electron chi connectivity index (χ4n) is 1.39. The summed E-state index contributed by atoms with van der Waals surface area (Å²) in [5.74, 6) is -0.319. The minimum atomic E-state index is -0.253. The van der Waals surface area contributed by atoms with E-state index >= 15 is 0 Å². The summed E-state index contributed by atoms with van der Waals surface area (Å²) in [5.41, 5.74) is 0. The molecule has 0 rings (SSSR count). The zero-order valence-electron chi connectivity index (χ0n) is 13.3. The van der Waals surface area contributed by atoms with Crippen molar-refractivity contribution < 1.29 is 31.4 Å². The molecule has 0 bridgehead atoms. The third-order valence-corrected chi connectivity index (χ3v) is 2.57. The molecule has 0 aliphatic rings. The number of amides is 2. The molecule has 0 spiro atoms. The van der Waals surface area contributed by atoms with Crippen LogP contribution in [0.3, 0.4) is 0 Å². The summed E-state index contributed by atoms with van der Waals surface area (Å²) < 4.78 is 15.0. The van der Waals surface area contributed by atoms with Gasteiger partial charge in [-0.05, 0) is 0 Å². The SMILES string of the molecule is CCC(=O)CCOCCNC(=O)COCCNC(=O)COC.[HH].[HH]. The summed E-state index contributed by atoms with van der Waals surface area (Å²) in [6.07, 6.45) is 0.922. The summed E-state index contributed by atoms with van der Waals surface area (Å²) in [4.78, 5) is 33.4. The molecule has 8 nitrogen and oxygen atoms in total. The van der Waals surface area contributed by atoms with Crippen molar-refractivity contribution in [1.82, 2.24) is 10.6 Å². The predicted octanol–water partition coefficient (Wildman–Crippen LogP) is -0.240. The van der Waals surface area contributed by atoms with Crippen LogP contribution in [0.5, 0.6) is 0 Å². The second-order valence-corrected chi connectivity index (χ2v) is 4.44. The number of methoxy groups -OCH3 is 1. The molecule has 0 aliphatic carbocycles. The molecule has 8 heteroatoms. The summed E-state index contributed by atoms with van der Waals surface area (Å²) in [5, 5.41) is 5.19. The third-order valence-electron chi connectivity index (χ3n) is 2.57. The lowest BCUT2D eigenvalue weighted by molar-refractivity contribution is -0.126. The maximum Gasteiger partial charge on any atom is 0.246 e. The minimum absolute atomic E-state index is 0. The van der Waals surface area contributed by atoms with Gasteiger partial charge in [0.1, 0.15) is 19.0 Å². The Morgan fingerprint density at radius 3 is 2.09 bits per heavy atom. The van der Waals surface area contributed by atoms with Crippen molar-refractivity contribution in [3.05, 3.63) is 0 Å². The van der Waals surface area contributed by atoms with Crippen molar-refractivity contribution in [1.29, 1.82) is 0 Å². The molecular weight excluding hydrogens is 292 g/mol. The Labute approximate surface area is 133 Å². The van der Waals surface area contributed by atoms with E-state index in [4.69, 9.17) is 9.47 Å². The van der Waals surface area contributed by atoms with Crippen LogP contribution in [0.25, 0.3) is 0 Å². The van der Waals surface area contributed by atoms with Crippen LogP contribution >= 0.6 is 0 Å². The maximum absolute atomic E-state index is 11.4. The second kappa shape index (κ2) is 14.4. The molecule has 22 heavy (non-hydrogen) atoms. The van der Waals surface area contributed by atoms with Crippen molar-refractivity contribution in [3.8, 4) is 0 Å². The minimum Gasteiger partial charge on any atom is -0.379 e. The summed E-state index contributed by atoms with van der Waals surface area (Å²) in [7, 11) is 1.44. The first-order valence-corrected chi connectivity index (χ1v) is 7.29. The molecular formula is C14H30N2O6. The fraction of sp³-hybridized carbons (Fsp3) is 0.786. The molecule has 0 unspecified atom stereocenters. The molecule has 0 aromatic rings. The van der Waals surface area contributed by atoms with Crippen LogP contribution in [0.15, 0.2) is 0 Å². The normalized spacial score (nSPS) is 10.3. The van der Waals surface area contributed by atoms with Gasteiger partial charge in [0.15, 0.2) is 0 Å². The highest BCUT2D eigenvalue weighted by molar-refractivity contribution is 5.78. The number of rotatable bonds is 14. The Bertz CT molecular complexity index is 345. The molecule has 2 amide bonds. The van der Waals surface area contributed by atoms with Gasteiger partial charge >= 0.3 is 0 Å². The number of Topliss-reactive ketones (excluding diaryl/α,β-unsaturated/α-hetero) is 1. The first-order chi connectivity index (χ1) is 10.6. The Hall–Kier alpha value is -1.51. The van der Waals surface area contributed by atoms with Crippen LogP contribution in [-0.2, 0) is 28.6 Å². The van der Waals surface area contributed by atoms with E-state index in [1.54, 1.807) is 0 Å². The first-order valence-electron chi connectivity index (χ1n) is 7.29. The lowest BCUT2D eigenvalue weighted by atomic mass is 10.2. The highest BCUT2D eigenvalue weighted by atomic mass is 16.5. The zero-order valence-corrected chi connectivity index (χ0v) is 13.3. The van der Waals surface area contributed by atoms with E-state index in [-0.39, 0.29) is 40.3 Å². The van der Waals surface area contributed by atoms with Crippen molar-refractivity contribution in [2.45, 2.75) is 19.8 Å². The van der Waals surface area contributed by atoms with Gasteiger partial charge in [-0.15, -0.1) is 0 Å². The van der Waals surface area contributed by atoms with Crippen molar-refractivity contribution in [2.24, 2.45) is 0 Å². The summed E-state index contributed by atoms with van der Waals surface area (Å²) in [6.45, 7) is 3.41. The zero-order chi connectivity index (χ0) is 16.6. The third kappa shape index (κ3) is 13.5. The molecule has 0 atom stereocenters. The molecule has 132 valence electrons. The fourth-order valence-corrected chi connectivity index (χ4v) is 1.39. The van der Waals surface area contributed by atoms with Crippen LogP contribution in [0.2, 0.25) is 0 Å². The lowest BCUT2D eigenvalue weighted by Crippen LogP contribution is -2.33. The Kier molecular flexibility index (Phi) is 13.4. The van der Waals surface area contributed by atoms with Crippen LogP contribution < -0.4 is 10.6 Å². The molecule has 0 aliphatic heterocycles. The number of nitrogens with one attached hydrogen (secondary N) is 2. The van der Waals surface area contributed by atoms with Crippen molar-refractivity contribution in [2.75, 3.05) is 53.2 Å². The Morgan fingerprint density at radius 1 is 0.909 bits per heavy atom. The van der Waals surface area contributed by atoms with Gasteiger partial charge in [0.05, 0.1) is 19.8 Å². The molecule has 0 radical (unpaired) electrons. The number of carbonyl (C=O) groups excluding carboxylic acids is 3. The van der Waals surface area contributed by atoms with E-state index in [0.717, 1.165) is 0 Å². The standard InChI is InChI=1S/C14H26N2O6.2H2/c1-3-12(17)4-7-21-8-5-16-14(19)11-22-9-6-15-13(18)10-20-2;;/h3-11H2,1-2H3,(H,15,18)(H,16,19);2*1H. The van der Waals surface area contributed by atoms with E-state index < -0.39 is 0 Å². The van der Waals surface area contributed by atoms with Gasteiger partial charge in [-0.25, -0.2) is 0 Å². The first kappa shape index (κ1) is 20.5. The van der Waals surface area contributed by atoms with Gasteiger partial charge < -0.3 is 24.8 Å². The largest absolute Gasteiger partial charge is 0.379 e. The molecule has 0 aromatic carbocycles. The predicted molar refractivity (Wildman–Crippen MR) is 83.7 cm³/mol. The van der Waals surface area contributed by atoms with Gasteiger partial charge in [0.25, 0.3) is 0 Å². The van der Waals surface area contributed by atoms with E-state index in [2.05, 4.69) is 15.4 Å². The van der Waals surface area contributed by atoms with Gasteiger partial charge in [-0.3, -0.25) is 14.4 Å². The molecule has 0 aromatic heterocycles. The topological polar surface area (TPSA) is 103 Å². The quantitative estimate of drug-likeness (QED) is 0.428. The summed E-state index contributed by atoms with van der Waals surface area (Å²) >= 11 is 0. The van der Waals surface area contributed by atoms with Gasteiger partial charge in [-0.1, -0.05) is 6.92 Å². The molecule has 0 heterocycles.